The zero-order valence-corrected chi connectivity index (χ0v) is 17.6. The van der Waals surface area contributed by atoms with Crippen molar-refractivity contribution in [2.45, 2.75) is 65.2 Å². The van der Waals surface area contributed by atoms with Crippen LogP contribution >= 0.6 is 0 Å². The maximum absolute atomic E-state index is 12.7. The lowest BCUT2D eigenvalue weighted by Gasteiger charge is -2.36. The van der Waals surface area contributed by atoms with E-state index in [2.05, 4.69) is 17.6 Å². The molecule has 2 N–H and O–H groups in total. The molecule has 0 radical (unpaired) electrons. The Morgan fingerprint density at radius 3 is 2.34 bits per heavy atom. The van der Waals surface area contributed by atoms with Crippen molar-refractivity contribution >= 4 is 29.1 Å². The van der Waals surface area contributed by atoms with Crippen molar-refractivity contribution in [3.8, 4) is 0 Å². The number of carbonyl (C=O) groups is 3. The van der Waals surface area contributed by atoms with Gasteiger partial charge in [0.1, 0.15) is 0 Å². The first-order valence-corrected chi connectivity index (χ1v) is 11.0. The Kier molecular flexibility index (Phi) is 7.29. The lowest BCUT2D eigenvalue weighted by molar-refractivity contribution is -0.140. The van der Waals surface area contributed by atoms with Gasteiger partial charge in [-0.05, 0) is 62.8 Å². The molecule has 158 valence electrons. The number of hydrogen-bond donors (Lipinski definition) is 2. The van der Waals surface area contributed by atoms with E-state index in [1.165, 1.54) is 0 Å². The molecule has 1 aliphatic carbocycles. The maximum atomic E-state index is 12.7. The molecule has 1 aromatic rings. The first-order valence-electron chi connectivity index (χ1n) is 11.0. The van der Waals surface area contributed by atoms with Gasteiger partial charge in [0.2, 0.25) is 17.7 Å². The van der Waals surface area contributed by atoms with Gasteiger partial charge in [0, 0.05) is 42.7 Å². The molecule has 0 spiro atoms. The molecule has 6 nitrogen and oxygen atoms in total. The topological polar surface area (TPSA) is 78.5 Å². The Bertz CT molecular complexity index is 750. The van der Waals surface area contributed by atoms with Crippen molar-refractivity contribution in [1.82, 2.24) is 4.90 Å². The van der Waals surface area contributed by atoms with Crippen LogP contribution < -0.4 is 10.6 Å². The lowest BCUT2D eigenvalue weighted by Crippen LogP contribution is -2.45. The number of piperidine rings is 1. The predicted molar refractivity (Wildman–Crippen MR) is 115 cm³/mol. The first kappa shape index (κ1) is 21.3. The van der Waals surface area contributed by atoms with E-state index < -0.39 is 0 Å². The Labute approximate surface area is 173 Å². The Hall–Kier alpha value is -2.37. The summed E-state index contributed by atoms with van der Waals surface area (Å²) in [6.45, 7) is 5.34. The van der Waals surface area contributed by atoms with Gasteiger partial charge in [-0.15, -0.1) is 0 Å². The third-order valence-corrected chi connectivity index (χ3v) is 6.16. The molecule has 0 atom stereocenters. The van der Waals surface area contributed by atoms with Crippen LogP contribution in [0.4, 0.5) is 11.4 Å². The number of nitrogens with zero attached hydrogens (tertiary/aromatic N) is 1. The molecule has 3 amide bonds. The highest BCUT2D eigenvalue weighted by atomic mass is 16.2. The van der Waals surface area contributed by atoms with Gasteiger partial charge in [0.15, 0.2) is 0 Å². The fraction of sp³-hybridized carbons (Fsp3) is 0.609. The maximum Gasteiger partial charge on any atom is 0.227 e. The second kappa shape index (κ2) is 9.90. The van der Waals surface area contributed by atoms with Crippen molar-refractivity contribution in [3.63, 3.8) is 0 Å². The van der Waals surface area contributed by atoms with Crippen LogP contribution in [0.25, 0.3) is 0 Å². The summed E-state index contributed by atoms with van der Waals surface area (Å²) in [5, 5.41) is 5.94. The predicted octanol–water partition coefficient (Wildman–Crippen LogP) is 4.10. The van der Waals surface area contributed by atoms with E-state index in [1.54, 1.807) is 0 Å². The van der Waals surface area contributed by atoms with Crippen LogP contribution in [0.1, 0.15) is 63.9 Å². The number of benzene rings is 1. The Morgan fingerprint density at radius 1 is 1.03 bits per heavy atom. The summed E-state index contributed by atoms with van der Waals surface area (Å²) in [5.74, 6) is 0.482. The van der Waals surface area contributed by atoms with Gasteiger partial charge in [0.05, 0.1) is 0 Å². The van der Waals surface area contributed by atoms with Gasteiger partial charge in [-0.2, -0.15) is 0 Å². The van der Waals surface area contributed by atoms with E-state index >= 15 is 0 Å². The number of likely N-dealkylation sites (tertiary alicyclic amines) is 1. The SMILES string of the molecule is CCCCC(=O)Nc1ccc(NC(=O)C2CCN(C(=O)C3CCC3)CC2)cc1C. The average Bonchev–Trinajstić information content (AvgIpc) is 2.67. The van der Waals surface area contributed by atoms with Gasteiger partial charge in [0.25, 0.3) is 0 Å². The first-order chi connectivity index (χ1) is 14.0. The standard InChI is InChI=1S/C23H33N3O3/c1-3-4-8-21(27)25-20-10-9-19(15-16(20)2)24-22(28)17-11-13-26(14-12-17)23(29)18-6-5-7-18/h9-10,15,17-18H,3-8,11-14H2,1-2H3,(H,24,28)(H,25,27). The number of carbonyl (C=O) groups excluding carboxylic acids is 3. The van der Waals surface area contributed by atoms with Crippen LogP contribution in [0.2, 0.25) is 0 Å². The van der Waals surface area contributed by atoms with Crippen molar-refractivity contribution < 1.29 is 14.4 Å². The summed E-state index contributed by atoms with van der Waals surface area (Å²) < 4.78 is 0. The molecule has 3 rings (SSSR count). The van der Waals surface area contributed by atoms with Gasteiger partial charge in [-0.1, -0.05) is 19.8 Å². The molecule has 2 fully saturated rings. The minimum atomic E-state index is -0.0610. The van der Waals surface area contributed by atoms with Gasteiger partial charge < -0.3 is 15.5 Å². The summed E-state index contributed by atoms with van der Waals surface area (Å²) in [5.41, 5.74) is 2.45. The molecule has 0 unspecified atom stereocenters. The molecule has 0 bridgehead atoms. The highest BCUT2D eigenvalue weighted by molar-refractivity contribution is 5.94. The number of anilines is 2. The van der Waals surface area contributed by atoms with Crippen molar-refractivity contribution in [2.75, 3.05) is 23.7 Å². The summed E-state index contributed by atoms with van der Waals surface area (Å²) in [4.78, 5) is 38.9. The molecule has 1 aliphatic heterocycles. The molecule has 6 heteroatoms. The summed E-state index contributed by atoms with van der Waals surface area (Å²) in [6.07, 6.45) is 7.03. The normalized spacial score (nSPS) is 17.5. The molecule has 2 aliphatic rings. The summed E-state index contributed by atoms with van der Waals surface area (Å²) in [6, 6.07) is 5.56. The summed E-state index contributed by atoms with van der Waals surface area (Å²) in [7, 11) is 0. The van der Waals surface area contributed by atoms with E-state index in [-0.39, 0.29) is 29.6 Å². The van der Waals surface area contributed by atoms with Crippen molar-refractivity contribution in [1.29, 1.82) is 0 Å². The van der Waals surface area contributed by atoms with E-state index in [0.29, 0.717) is 19.5 Å². The minimum absolute atomic E-state index is 0.0138. The molecular formula is C23H33N3O3. The third-order valence-electron chi connectivity index (χ3n) is 6.16. The number of rotatable bonds is 7. The van der Waals surface area contributed by atoms with Crippen molar-refractivity contribution in [2.24, 2.45) is 11.8 Å². The number of aryl methyl sites for hydroxylation is 1. The fourth-order valence-corrected chi connectivity index (χ4v) is 3.95. The molecule has 0 aromatic heterocycles. The molecular weight excluding hydrogens is 366 g/mol. The largest absolute Gasteiger partial charge is 0.342 e. The lowest BCUT2D eigenvalue weighted by atomic mass is 9.83. The monoisotopic (exact) mass is 399 g/mol. The average molecular weight is 400 g/mol. The highest BCUT2D eigenvalue weighted by Crippen LogP contribution is 2.30. The zero-order chi connectivity index (χ0) is 20.8. The second-order valence-corrected chi connectivity index (χ2v) is 8.40. The van der Waals surface area contributed by atoms with E-state index in [0.717, 1.165) is 61.9 Å². The zero-order valence-electron chi connectivity index (χ0n) is 17.6. The second-order valence-electron chi connectivity index (χ2n) is 8.40. The number of amides is 3. The third kappa shape index (κ3) is 5.58. The summed E-state index contributed by atoms with van der Waals surface area (Å²) >= 11 is 0. The van der Waals surface area contributed by atoms with Crippen molar-refractivity contribution in [3.05, 3.63) is 23.8 Å². The van der Waals surface area contributed by atoms with E-state index in [4.69, 9.17) is 0 Å². The smallest absolute Gasteiger partial charge is 0.227 e. The number of hydrogen-bond acceptors (Lipinski definition) is 3. The van der Waals surface area contributed by atoms with E-state index in [1.807, 2.05) is 30.0 Å². The van der Waals surface area contributed by atoms with Gasteiger partial charge in [-0.3, -0.25) is 14.4 Å². The van der Waals surface area contributed by atoms with Gasteiger partial charge in [-0.25, -0.2) is 0 Å². The fourth-order valence-electron chi connectivity index (χ4n) is 3.95. The van der Waals surface area contributed by atoms with Crippen LogP contribution in [-0.2, 0) is 14.4 Å². The number of unbranched alkanes of at least 4 members (excludes halogenated alkanes) is 1. The van der Waals surface area contributed by atoms with Crippen LogP contribution in [0.15, 0.2) is 18.2 Å². The van der Waals surface area contributed by atoms with Crippen LogP contribution in [-0.4, -0.2) is 35.7 Å². The quantitative estimate of drug-likeness (QED) is 0.724. The highest BCUT2D eigenvalue weighted by Gasteiger charge is 2.33. The van der Waals surface area contributed by atoms with Gasteiger partial charge >= 0.3 is 0 Å². The molecule has 1 heterocycles. The Balaban J connectivity index is 1.48. The molecule has 1 saturated heterocycles. The number of nitrogens with one attached hydrogen (secondary N) is 2. The molecule has 1 aromatic carbocycles. The van der Waals surface area contributed by atoms with E-state index in [9.17, 15) is 14.4 Å². The van der Waals surface area contributed by atoms with Crippen LogP contribution in [0.5, 0.6) is 0 Å². The minimum Gasteiger partial charge on any atom is -0.342 e. The van der Waals surface area contributed by atoms with Crippen LogP contribution in [0, 0.1) is 18.8 Å². The van der Waals surface area contributed by atoms with Crippen LogP contribution in [0.3, 0.4) is 0 Å². The molecule has 1 saturated carbocycles. The molecule has 29 heavy (non-hydrogen) atoms. The Morgan fingerprint density at radius 2 is 1.76 bits per heavy atom.